The Morgan fingerprint density at radius 3 is 2.46 bits per heavy atom. The highest BCUT2D eigenvalue weighted by Gasteiger charge is 2.12. The molecule has 8 heteroatoms. The Hall–Kier alpha value is -4.12. The number of hydrogen-bond acceptors (Lipinski definition) is 6. The highest BCUT2D eigenvalue weighted by atomic mass is 35.5. The van der Waals surface area contributed by atoms with Gasteiger partial charge in [-0.05, 0) is 35.9 Å². The third-order valence-corrected chi connectivity index (χ3v) is 5.87. The van der Waals surface area contributed by atoms with Crippen molar-refractivity contribution in [1.29, 1.82) is 5.26 Å². The van der Waals surface area contributed by atoms with E-state index in [0.29, 0.717) is 40.4 Å². The molecule has 1 amide bonds. The number of nitrogens with one attached hydrogen (secondary N) is 1. The number of benzene rings is 3. The lowest BCUT2D eigenvalue weighted by atomic mass is 10.1. The van der Waals surface area contributed by atoms with Crippen molar-refractivity contribution < 1.29 is 14.3 Å². The van der Waals surface area contributed by atoms with E-state index >= 15 is 0 Å². The summed E-state index contributed by atoms with van der Waals surface area (Å²) < 4.78 is 11.3. The molecular formula is C27H20ClN3O3S. The van der Waals surface area contributed by atoms with Gasteiger partial charge in [0.25, 0.3) is 5.91 Å². The van der Waals surface area contributed by atoms with E-state index in [-0.39, 0.29) is 5.57 Å². The molecule has 6 nitrogen and oxygen atoms in total. The van der Waals surface area contributed by atoms with Gasteiger partial charge in [-0.15, -0.1) is 11.3 Å². The zero-order valence-corrected chi connectivity index (χ0v) is 20.1. The molecule has 3 aromatic carbocycles. The predicted molar refractivity (Wildman–Crippen MR) is 139 cm³/mol. The average Bonchev–Trinajstić information content (AvgIpc) is 3.36. The number of halogens is 1. The first-order valence-electron chi connectivity index (χ1n) is 10.7. The van der Waals surface area contributed by atoms with Crippen LogP contribution in [0.15, 0.2) is 89.8 Å². The van der Waals surface area contributed by atoms with Gasteiger partial charge in [-0.1, -0.05) is 66.2 Å². The lowest BCUT2D eigenvalue weighted by molar-refractivity contribution is -0.112. The first-order valence-corrected chi connectivity index (χ1v) is 11.9. The van der Waals surface area contributed by atoms with E-state index in [2.05, 4.69) is 10.3 Å². The topological polar surface area (TPSA) is 84.2 Å². The van der Waals surface area contributed by atoms with Gasteiger partial charge in [0.2, 0.25) is 0 Å². The Labute approximate surface area is 212 Å². The average molecular weight is 502 g/mol. The van der Waals surface area contributed by atoms with Crippen LogP contribution in [0.5, 0.6) is 11.5 Å². The van der Waals surface area contributed by atoms with Gasteiger partial charge in [-0.25, -0.2) is 4.98 Å². The number of amides is 1. The fourth-order valence-corrected chi connectivity index (χ4v) is 3.99. The molecule has 0 aliphatic rings. The lowest BCUT2D eigenvalue weighted by Crippen LogP contribution is -2.13. The Balaban J connectivity index is 1.31. The summed E-state index contributed by atoms with van der Waals surface area (Å²) in [6.07, 6.45) is 1.52. The summed E-state index contributed by atoms with van der Waals surface area (Å²) in [7, 11) is 0. The van der Waals surface area contributed by atoms with Crippen LogP contribution in [0.2, 0.25) is 5.02 Å². The van der Waals surface area contributed by atoms with Crippen molar-refractivity contribution in [3.05, 3.63) is 100 Å². The monoisotopic (exact) mass is 501 g/mol. The summed E-state index contributed by atoms with van der Waals surface area (Å²) in [5.74, 6) is 0.734. The molecule has 0 aliphatic carbocycles. The highest BCUT2D eigenvalue weighted by Crippen LogP contribution is 2.25. The zero-order chi connectivity index (χ0) is 24.5. The SMILES string of the molecule is N#CC(=Cc1ccc(OCCOc2ccccc2Cl)cc1)C(=O)Nc1nc(-c2ccccc2)cs1. The minimum absolute atomic E-state index is 0.0248. The predicted octanol–water partition coefficient (Wildman–Crippen LogP) is 6.47. The second-order valence-corrected chi connectivity index (χ2v) is 8.49. The number of aromatic nitrogens is 1. The van der Waals surface area contributed by atoms with Crippen molar-refractivity contribution in [2.24, 2.45) is 0 Å². The molecule has 1 N–H and O–H groups in total. The van der Waals surface area contributed by atoms with Crippen LogP contribution in [-0.2, 0) is 4.79 Å². The number of thiazole rings is 1. The molecule has 0 atom stereocenters. The Morgan fingerprint density at radius 2 is 1.71 bits per heavy atom. The summed E-state index contributed by atoms with van der Waals surface area (Å²) in [4.78, 5) is 17.0. The maximum absolute atomic E-state index is 12.6. The summed E-state index contributed by atoms with van der Waals surface area (Å²) in [6.45, 7) is 0.678. The standard InChI is InChI=1S/C27H20ClN3O3S/c28-23-8-4-5-9-25(23)34-15-14-33-22-12-10-19(11-13-22)16-21(17-29)26(32)31-27-30-24(18-35-27)20-6-2-1-3-7-20/h1-13,16,18H,14-15H2,(H,30,31,32). The van der Waals surface area contributed by atoms with Crippen LogP contribution in [0, 0.1) is 11.3 Å². The third-order valence-electron chi connectivity index (χ3n) is 4.80. The molecule has 1 heterocycles. The van der Waals surface area contributed by atoms with Gasteiger partial charge in [0.15, 0.2) is 5.13 Å². The summed E-state index contributed by atoms with van der Waals surface area (Å²) in [5, 5.41) is 15.0. The Bertz CT molecular complexity index is 1360. The van der Waals surface area contributed by atoms with Crippen LogP contribution in [-0.4, -0.2) is 24.1 Å². The lowest BCUT2D eigenvalue weighted by Gasteiger charge is -2.09. The molecule has 0 saturated carbocycles. The van der Waals surface area contributed by atoms with Crippen molar-refractivity contribution in [3.63, 3.8) is 0 Å². The number of ether oxygens (including phenoxy) is 2. The van der Waals surface area contributed by atoms with E-state index in [1.165, 1.54) is 17.4 Å². The Kier molecular flexibility index (Phi) is 8.12. The number of carbonyl (C=O) groups is 1. The molecule has 0 fully saturated rings. The van der Waals surface area contributed by atoms with Gasteiger partial charge >= 0.3 is 0 Å². The molecule has 0 bridgehead atoms. The fraction of sp³-hybridized carbons (Fsp3) is 0.0741. The minimum Gasteiger partial charge on any atom is -0.490 e. The van der Waals surface area contributed by atoms with Crippen molar-refractivity contribution in [2.75, 3.05) is 18.5 Å². The van der Waals surface area contributed by atoms with Crippen LogP contribution in [0.3, 0.4) is 0 Å². The van der Waals surface area contributed by atoms with Crippen molar-refractivity contribution >= 4 is 40.1 Å². The van der Waals surface area contributed by atoms with Crippen LogP contribution < -0.4 is 14.8 Å². The number of nitrogens with zero attached hydrogens (tertiary/aromatic N) is 2. The van der Waals surface area contributed by atoms with Gasteiger partial charge in [0.05, 0.1) is 10.7 Å². The molecular weight excluding hydrogens is 482 g/mol. The number of nitriles is 1. The van der Waals surface area contributed by atoms with E-state index in [1.807, 2.05) is 53.9 Å². The Morgan fingerprint density at radius 1 is 1.00 bits per heavy atom. The summed E-state index contributed by atoms with van der Waals surface area (Å²) in [6, 6.07) is 25.9. The molecule has 0 saturated heterocycles. The van der Waals surface area contributed by atoms with Gasteiger partial charge in [0.1, 0.15) is 36.4 Å². The van der Waals surface area contributed by atoms with Gasteiger partial charge in [0, 0.05) is 10.9 Å². The normalized spacial score (nSPS) is 10.9. The molecule has 0 radical (unpaired) electrons. The van der Waals surface area contributed by atoms with Crippen molar-refractivity contribution in [1.82, 2.24) is 4.98 Å². The molecule has 0 spiro atoms. The maximum Gasteiger partial charge on any atom is 0.268 e. The first-order chi connectivity index (χ1) is 17.1. The highest BCUT2D eigenvalue weighted by molar-refractivity contribution is 7.14. The van der Waals surface area contributed by atoms with E-state index in [0.717, 1.165) is 11.3 Å². The zero-order valence-electron chi connectivity index (χ0n) is 18.5. The number of hydrogen-bond donors (Lipinski definition) is 1. The number of carbonyl (C=O) groups excluding carboxylic acids is 1. The molecule has 0 unspecified atom stereocenters. The number of para-hydroxylation sites is 1. The van der Waals surface area contributed by atoms with Crippen molar-refractivity contribution in [3.8, 4) is 28.8 Å². The van der Waals surface area contributed by atoms with Crippen LogP contribution in [0.25, 0.3) is 17.3 Å². The van der Waals surface area contributed by atoms with Gasteiger partial charge in [-0.3, -0.25) is 10.1 Å². The van der Waals surface area contributed by atoms with E-state index in [9.17, 15) is 10.1 Å². The molecule has 4 aromatic rings. The fourth-order valence-electron chi connectivity index (χ4n) is 3.09. The largest absolute Gasteiger partial charge is 0.490 e. The first kappa shape index (κ1) is 24.0. The van der Waals surface area contributed by atoms with E-state index in [1.54, 1.807) is 36.4 Å². The smallest absolute Gasteiger partial charge is 0.268 e. The van der Waals surface area contributed by atoms with Gasteiger partial charge < -0.3 is 9.47 Å². The van der Waals surface area contributed by atoms with Crippen LogP contribution in [0.1, 0.15) is 5.56 Å². The van der Waals surface area contributed by atoms with Crippen molar-refractivity contribution in [2.45, 2.75) is 0 Å². The van der Waals surface area contributed by atoms with E-state index in [4.69, 9.17) is 21.1 Å². The number of rotatable bonds is 9. The number of anilines is 1. The molecule has 4 rings (SSSR count). The molecule has 174 valence electrons. The van der Waals surface area contributed by atoms with Gasteiger partial charge in [-0.2, -0.15) is 5.26 Å². The molecule has 35 heavy (non-hydrogen) atoms. The second-order valence-electron chi connectivity index (χ2n) is 7.22. The minimum atomic E-state index is -0.515. The summed E-state index contributed by atoms with van der Waals surface area (Å²) in [5.41, 5.74) is 2.39. The quantitative estimate of drug-likeness (QED) is 0.161. The van der Waals surface area contributed by atoms with E-state index < -0.39 is 5.91 Å². The van der Waals surface area contributed by atoms with Crippen LogP contribution in [0.4, 0.5) is 5.13 Å². The molecule has 0 aliphatic heterocycles. The molecule has 1 aromatic heterocycles. The third kappa shape index (κ3) is 6.70. The summed E-state index contributed by atoms with van der Waals surface area (Å²) >= 11 is 7.36. The second kappa shape index (κ2) is 11.8. The van der Waals surface area contributed by atoms with Crippen LogP contribution >= 0.6 is 22.9 Å². The maximum atomic E-state index is 12.6.